The number of aliphatic hydroxyl groups excluding tert-OH is 1. The van der Waals surface area contributed by atoms with Crippen molar-refractivity contribution in [1.29, 1.82) is 0 Å². The molecule has 38 heavy (non-hydrogen) atoms. The second kappa shape index (κ2) is 10.7. The number of aromatic amines is 1. The van der Waals surface area contributed by atoms with E-state index in [2.05, 4.69) is 25.6 Å². The van der Waals surface area contributed by atoms with Gasteiger partial charge in [-0.25, -0.2) is 14.4 Å². The third-order valence-corrected chi connectivity index (χ3v) is 7.70. The van der Waals surface area contributed by atoms with Crippen LogP contribution >= 0.6 is 0 Å². The molecule has 3 atom stereocenters. The van der Waals surface area contributed by atoms with Crippen LogP contribution in [0.15, 0.2) is 18.5 Å². The molecule has 10 heteroatoms. The Balaban J connectivity index is 1.42. The van der Waals surface area contributed by atoms with Crippen molar-refractivity contribution < 1.29 is 23.8 Å². The third kappa shape index (κ3) is 5.22. The first-order valence-corrected chi connectivity index (χ1v) is 13.2. The SMILES string of the molecule is Cc1ccc(OCC2CC2)c(-c2ncnc3c(C(=O)N[C@H]4CC[C@H](NC(=O)CO)C[C@H]4C)c(C)[nH]c23)c1F. The maximum Gasteiger partial charge on any atom is 0.255 e. The van der Waals surface area contributed by atoms with E-state index in [1.807, 2.05) is 6.92 Å². The summed E-state index contributed by atoms with van der Waals surface area (Å²) < 4.78 is 21.5. The molecule has 2 heterocycles. The molecular formula is C28H34FN5O4. The molecule has 0 aliphatic heterocycles. The van der Waals surface area contributed by atoms with Crippen molar-refractivity contribution in [3.8, 4) is 17.0 Å². The average molecular weight is 524 g/mol. The molecule has 2 amide bonds. The molecular weight excluding hydrogens is 489 g/mol. The van der Waals surface area contributed by atoms with Gasteiger partial charge in [-0.2, -0.15) is 0 Å². The normalized spacial score (nSPS) is 21.3. The molecule has 5 rings (SSSR count). The Hall–Kier alpha value is -3.53. The molecule has 4 N–H and O–H groups in total. The largest absolute Gasteiger partial charge is 0.492 e. The number of ether oxygens (including phenoxy) is 1. The van der Waals surface area contributed by atoms with Crippen LogP contribution in [0.2, 0.25) is 0 Å². The lowest BCUT2D eigenvalue weighted by molar-refractivity contribution is -0.124. The van der Waals surface area contributed by atoms with Gasteiger partial charge >= 0.3 is 0 Å². The van der Waals surface area contributed by atoms with E-state index in [9.17, 15) is 9.59 Å². The molecule has 0 radical (unpaired) electrons. The summed E-state index contributed by atoms with van der Waals surface area (Å²) in [5, 5.41) is 15.0. The number of carbonyl (C=O) groups excluding carboxylic acids is 2. The van der Waals surface area contributed by atoms with Crippen LogP contribution in [-0.4, -0.2) is 57.2 Å². The summed E-state index contributed by atoms with van der Waals surface area (Å²) in [6.07, 6.45) is 5.69. The minimum absolute atomic E-state index is 0.0246. The van der Waals surface area contributed by atoms with Crippen LogP contribution < -0.4 is 15.4 Å². The highest BCUT2D eigenvalue weighted by Crippen LogP contribution is 2.39. The second-order valence-corrected chi connectivity index (χ2v) is 10.7. The number of rotatable bonds is 8. The van der Waals surface area contributed by atoms with E-state index in [0.717, 1.165) is 12.8 Å². The predicted octanol–water partition coefficient (Wildman–Crippen LogP) is 3.57. The molecule has 9 nitrogen and oxygen atoms in total. The van der Waals surface area contributed by atoms with Crippen LogP contribution in [0, 0.1) is 31.5 Å². The molecule has 2 fully saturated rings. The highest BCUT2D eigenvalue weighted by molar-refractivity contribution is 6.09. The highest BCUT2D eigenvalue weighted by Gasteiger charge is 2.31. The molecule has 0 saturated heterocycles. The lowest BCUT2D eigenvalue weighted by Gasteiger charge is -2.35. The zero-order valence-corrected chi connectivity index (χ0v) is 21.9. The monoisotopic (exact) mass is 523 g/mol. The summed E-state index contributed by atoms with van der Waals surface area (Å²) in [5.74, 6) is 0.000303. The Morgan fingerprint density at radius 2 is 1.95 bits per heavy atom. The Morgan fingerprint density at radius 3 is 2.66 bits per heavy atom. The Bertz CT molecular complexity index is 1370. The van der Waals surface area contributed by atoms with Crippen molar-refractivity contribution in [2.24, 2.45) is 11.8 Å². The van der Waals surface area contributed by atoms with Crippen molar-refractivity contribution in [2.45, 2.75) is 65.0 Å². The molecule has 2 aliphatic rings. The zero-order valence-electron chi connectivity index (χ0n) is 21.9. The van der Waals surface area contributed by atoms with Gasteiger partial charge in [-0.1, -0.05) is 13.0 Å². The first kappa shape index (κ1) is 26.1. The van der Waals surface area contributed by atoms with Crippen LogP contribution in [0.25, 0.3) is 22.3 Å². The van der Waals surface area contributed by atoms with E-state index in [-0.39, 0.29) is 35.4 Å². The number of nitrogens with one attached hydrogen (secondary N) is 3. The summed E-state index contributed by atoms with van der Waals surface area (Å²) in [5.41, 5.74) is 3.03. The number of fused-ring (bicyclic) bond motifs is 1. The third-order valence-electron chi connectivity index (χ3n) is 7.70. The quantitative estimate of drug-likeness (QED) is 0.357. The Labute approximate surface area is 220 Å². The topological polar surface area (TPSA) is 129 Å². The van der Waals surface area contributed by atoms with E-state index < -0.39 is 12.4 Å². The molecule has 0 bridgehead atoms. The van der Waals surface area contributed by atoms with Gasteiger partial charge in [-0.05, 0) is 69.4 Å². The maximum atomic E-state index is 15.5. The highest BCUT2D eigenvalue weighted by atomic mass is 19.1. The molecule has 1 aromatic carbocycles. The van der Waals surface area contributed by atoms with E-state index in [1.54, 1.807) is 26.0 Å². The van der Waals surface area contributed by atoms with Crippen LogP contribution in [-0.2, 0) is 4.79 Å². The number of carbonyl (C=O) groups is 2. The van der Waals surface area contributed by atoms with Crippen LogP contribution in [0.4, 0.5) is 4.39 Å². The number of amides is 2. The summed E-state index contributed by atoms with van der Waals surface area (Å²) in [6, 6.07) is 3.37. The lowest BCUT2D eigenvalue weighted by atomic mass is 9.82. The fraction of sp³-hybridized carbons (Fsp3) is 0.500. The molecule has 0 unspecified atom stereocenters. The number of H-pyrrole nitrogens is 1. The number of nitrogens with zero attached hydrogens (tertiary/aromatic N) is 2. The zero-order chi connectivity index (χ0) is 27.0. The average Bonchev–Trinajstić information content (AvgIpc) is 3.66. The molecule has 202 valence electrons. The molecule has 2 aromatic heterocycles. The smallest absolute Gasteiger partial charge is 0.255 e. The standard InChI is InChI=1S/C28H34FN5O4/c1-14-4-9-20(38-12-17-5-6-17)23(24(14)29)26-27-25(30-13-31-26)22(16(3)32-27)28(37)34-19-8-7-18(10-15(19)2)33-21(36)11-35/h4,9,13,15,17-19,32,35H,5-8,10-12H2,1-3H3,(H,33,36)(H,34,37)/t15-,18+,19+/m1/s1. The van der Waals surface area contributed by atoms with Crippen LogP contribution in [0.5, 0.6) is 5.75 Å². The number of aromatic nitrogens is 3. The van der Waals surface area contributed by atoms with Gasteiger partial charge in [0.1, 0.15) is 35.7 Å². The summed E-state index contributed by atoms with van der Waals surface area (Å²) in [6.45, 7) is 5.53. The minimum Gasteiger partial charge on any atom is -0.492 e. The van der Waals surface area contributed by atoms with Gasteiger partial charge in [-0.3, -0.25) is 9.59 Å². The van der Waals surface area contributed by atoms with Gasteiger partial charge < -0.3 is 25.5 Å². The minimum atomic E-state index is -0.532. The van der Waals surface area contributed by atoms with Crippen molar-refractivity contribution in [1.82, 2.24) is 25.6 Å². The number of benzene rings is 1. The number of hydrogen-bond donors (Lipinski definition) is 4. The first-order chi connectivity index (χ1) is 18.3. The Kier molecular flexibility index (Phi) is 7.34. The van der Waals surface area contributed by atoms with Crippen LogP contribution in [0.3, 0.4) is 0 Å². The summed E-state index contributed by atoms with van der Waals surface area (Å²) in [4.78, 5) is 37.1. The van der Waals surface area contributed by atoms with E-state index in [1.165, 1.54) is 6.33 Å². The molecule has 2 saturated carbocycles. The number of aryl methyl sites for hydroxylation is 2. The van der Waals surface area contributed by atoms with E-state index in [0.29, 0.717) is 71.1 Å². The molecule has 0 spiro atoms. The first-order valence-electron chi connectivity index (χ1n) is 13.2. The maximum absolute atomic E-state index is 15.5. The van der Waals surface area contributed by atoms with E-state index >= 15 is 4.39 Å². The van der Waals surface area contributed by atoms with Crippen molar-refractivity contribution in [2.75, 3.05) is 13.2 Å². The van der Waals surface area contributed by atoms with Crippen LogP contribution in [0.1, 0.15) is 60.6 Å². The molecule has 3 aromatic rings. The van der Waals surface area contributed by atoms with E-state index in [4.69, 9.17) is 9.84 Å². The fourth-order valence-electron chi connectivity index (χ4n) is 5.34. The lowest BCUT2D eigenvalue weighted by Crippen LogP contribution is -2.48. The summed E-state index contributed by atoms with van der Waals surface area (Å²) in [7, 11) is 0. The van der Waals surface area contributed by atoms with Gasteiger partial charge in [0, 0.05) is 17.8 Å². The Morgan fingerprint density at radius 1 is 1.16 bits per heavy atom. The second-order valence-electron chi connectivity index (χ2n) is 10.7. The number of hydrogen-bond acceptors (Lipinski definition) is 6. The summed E-state index contributed by atoms with van der Waals surface area (Å²) >= 11 is 0. The van der Waals surface area contributed by atoms with Gasteiger partial charge in [0.25, 0.3) is 5.91 Å². The number of aliphatic hydroxyl groups is 1. The fourth-order valence-corrected chi connectivity index (χ4v) is 5.34. The van der Waals surface area contributed by atoms with Gasteiger partial charge in [0.05, 0.1) is 23.3 Å². The van der Waals surface area contributed by atoms with Gasteiger partial charge in [-0.15, -0.1) is 0 Å². The van der Waals surface area contributed by atoms with Gasteiger partial charge in [0.15, 0.2) is 0 Å². The number of halogens is 1. The predicted molar refractivity (Wildman–Crippen MR) is 140 cm³/mol. The molecule has 2 aliphatic carbocycles. The van der Waals surface area contributed by atoms with Crippen molar-refractivity contribution in [3.05, 3.63) is 41.1 Å². The van der Waals surface area contributed by atoms with Crippen molar-refractivity contribution >= 4 is 22.8 Å². The van der Waals surface area contributed by atoms with Crippen molar-refractivity contribution in [3.63, 3.8) is 0 Å². The van der Waals surface area contributed by atoms with Gasteiger partial charge in [0.2, 0.25) is 5.91 Å².